The molecule has 100 valence electrons. The molecule has 2 aromatic rings. The van der Waals surface area contributed by atoms with Crippen LogP contribution in [0.15, 0.2) is 27.4 Å². The largest absolute Gasteiger partial charge is 0.508 e. The van der Waals surface area contributed by atoms with Gasteiger partial charge in [-0.25, -0.2) is 4.79 Å². The van der Waals surface area contributed by atoms with E-state index in [1.165, 1.54) is 19.2 Å². The molecule has 1 aromatic heterocycles. The Labute approximate surface area is 109 Å². The van der Waals surface area contributed by atoms with E-state index in [0.717, 1.165) is 10.9 Å². The average molecular weight is 262 g/mol. The molecule has 1 aromatic carbocycles. The van der Waals surface area contributed by atoms with Crippen LogP contribution in [0.1, 0.15) is 17.5 Å². The minimum absolute atomic E-state index is 0.00477. The number of fused-ring (bicyclic) bond motifs is 1. The fraction of sp³-hybridized carbons (Fsp3) is 0.286. The molecular formula is C14H14O5. The highest BCUT2D eigenvalue weighted by atomic mass is 16.5. The van der Waals surface area contributed by atoms with Crippen molar-refractivity contribution in [3.63, 3.8) is 0 Å². The van der Waals surface area contributed by atoms with E-state index in [-0.39, 0.29) is 18.1 Å². The Morgan fingerprint density at radius 1 is 1.37 bits per heavy atom. The molecule has 0 fully saturated rings. The second-order valence-corrected chi connectivity index (χ2v) is 4.30. The summed E-state index contributed by atoms with van der Waals surface area (Å²) in [5.41, 5.74) is 1.27. The molecule has 0 saturated carbocycles. The molecule has 0 aliphatic rings. The highest BCUT2D eigenvalue weighted by Gasteiger charge is 2.10. The molecule has 19 heavy (non-hydrogen) atoms. The number of aromatic hydroxyl groups is 1. The molecule has 2 rings (SSSR count). The van der Waals surface area contributed by atoms with Crippen molar-refractivity contribution in [1.82, 2.24) is 0 Å². The molecule has 1 heterocycles. The molecule has 0 spiro atoms. The Bertz CT molecular complexity index is 684. The standard InChI is InChI=1S/C14H14O5/c1-8-5-14(17)19-12-7-11(15)9(6-10(8)12)3-4-13(16)18-2/h5-7,15H,3-4H2,1-2H3. The van der Waals surface area contributed by atoms with Gasteiger partial charge in [-0.1, -0.05) is 0 Å². The Hall–Kier alpha value is -2.30. The van der Waals surface area contributed by atoms with Gasteiger partial charge in [-0.15, -0.1) is 0 Å². The molecule has 0 aliphatic carbocycles. The maximum Gasteiger partial charge on any atom is 0.336 e. The maximum absolute atomic E-state index is 11.2. The summed E-state index contributed by atoms with van der Waals surface area (Å²) in [6.07, 6.45) is 0.554. The molecule has 1 N–H and O–H groups in total. The normalized spacial score (nSPS) is 10.6. The second-order valence-electron chi connectivity index (χ2n) is 4.30. The minimum Gasteiger partial charge on any atom is -0.508 e. The van der Waals surface area contributed by atoms with Gasteiger partial charge in [0.25, 0.3) is 0 Å². The van der Waals surface area contributed by atoms with E-state index in [0.29, 0.717) is 17.6 Å². The fourth-order valence-electron chi connectivity index (χ4n) is 1.94. The van der Waals surface area contributed by atoms with Crippen LogP contribution >= 0.6 is 0 Å². The highest BCUT2D eigenvalue weighted by Crippen LogP contribution is 2.27. The number of benzene rings is 1. The van der Waals surface area contributed by atoms with Crippen LogP contribution in [-0.2, 0) is 16.0 Å². The van der Waals surface area contributed by atoms with E-state index in [4.69, 9.17) is 4.42 Å². The summed E-state index contributed by atoms with van der Waals surface area (Å²) in [4.78, 5) is 22.4. The summed E-state index contributed by atoms with van der Waals surface area (Å²) in [6.45, 7) is 1.79. The molecule has 0 atom stereocenters. The van der Waals surface area contributed by atoms with E-state index in [2.05, 4.69) is 4.74 Å². The molecule has 0 aliphatic heterocycles. The van der Waals surface area contributed by atoms with Gasteiger partial charge < -0.3 is 14.3 Å². The van der Waals surface area contributed by atoms with Crippen molar-refractivity contribution in [1.29, 1.82) is 0 Å². The van der Waals surface area contributed by atoms with Crippen LogP contribution in [0.5, 0.6) is 5.75 Å². The zero-order valence-corrected chi connectivity index (χ0v) is 10.7. The number of hydrogen-bond acceptors (Lipinski definition) is 5. The number of ether oxygens (including phenoxy) is 1. The van der Waals surface area contributed by atoms with Crippen LogP contribution in [0, 0.1) is 6.92 Å². The van der Waals surface area contributed by atoms with Crippen LogP contribution in [0.3, 0.4) is 0 Å². The van der Waals surface area contributed by atoms with Gasteiger partial charge in [0.05, 0.1) is 7.11 Å². The highest BCUT2D eigenvalue weighted by molar-refractivity contribution is 5.82. The van der Waals surface area contributed by atoms with Crippen molar-refractivity contribution in [2.75, 3.05) is 7.11 Å². The van der Waals surface area contributed by atoms with Crippen molar-refractivity contribution in [3.8, 4) is 5.75 Å². The Balaban J connectivity index is 2.43. The lowest BCUT2D eigenvalue weighted by Crippen LogP contribution is -2.03. The zero-order valence-electron chi connectivity index (χ0n) is 10.7. The van der Waals surface area contributed by atoms with Gasteiger partial charge in [0, 0.05) is 23.9 Å². The third-order valence-corrected chi connectivity index (χ3v) is 2.98. The average Bonchev–Trinajstić information content (AvgIpc) is 2.36. The van der Waals surface area contributed by atoms with E-state index in [1.807, 2.05) is 0 Å². The first kappa shape index (κ1) is 13.1. The number of methoxy groups -OCH3 is 1. The summed E-state index contributed by atoms with van der Waals surface area (Å²) in [6, 6.07) is 4.52. The molecular weight excluding hydrogens is 248 g/mol. The predicted octanol–water partition coefficient (Wildman–Crippen LogP) is 1.91. The van der Waals surface area contributed by atoms with Crippen molar-refractivity contribution in [3.05, 3.63) is 39.7 Å². The minimum atomic E-state index is -0.452. The summed E-state index contributed by atoms with van der Waals surface area (Å²) >= 11 is 0. The molecule has 0 unspecified atom stereocenters. The van der Waals surface area contributed by atoms with E-state index in [9.17, 15) is 14.7 Å². The number of carbonyl (C=O) groups is 1. The second kappa shape index (κ2) is 5.14. The topological polar surface area (TPSA) is 76.7 Å². The number of esters is 1. The monoisotopic (exact) mass is 262 g/mol. The molecule has 5 nitrogen and oxygen atoms in total. The van der Waals surface area contributed by atoms with Gasteiger partial charge in [0.15, 0.2) is 0 Å². The summed E-state index contributed by atoms with van der Waals surface area (Å²) in [7, 11) is 1.32. The molecule has 0 saturated heterocycles. The number of aryl methyl sites for hydroxylation is 2. The van der Waals surface area contributed by atoms with Crippen molar-refractivity contribution in [2.24, 2.45) is 0 Å². The van der Waals surface area contributed by atoms with Gasteiger partial charge in [-0.2, -0.15) is 0 Å². The smallest absolute Gasteiger partial charge is 0.336 e. The lowest BCUT2D eigenvalue weighted by molar-refractivity contribution is -0.140. The van der Waals surface area contributed by atoms with Crippen molar-refractivity contribution >= 4 is 16.9 Å². The lowest BCUT2D eigenvalue weighted by atomic mass is 10.0. The van der Waals surface area contributed by atoms with Crippen molar-refractivity contribution in [2.45, 2.75) is 19.8 Å². The predicted molar refractivity (Wildman–Crippen MR) is 69.2 cm³/mol. The van der Waals surface area contributed by atoms with Gasteiger partial charge in [-0.05, 0) is 30.5 Å². The number of phenolic OH excluding ortho intramolecular Hbond substituents is 1. The Morgan fingerprint density at radius 2 is 2.11 bits per heavy atom. The molecule has 0 radical (unpaired) electrons. The van der Waals surface area contributed by atoms with E-state index in [1.54, 1.807) is 13.0 Å². The van der Waals surface area contributed by atoms with E-state index >= 15 is 0 Å². The van der Waals surface area contributed by atoms with Crippen LogP contribution in [-0.4, -0.2) is 18.2 Å². The third-order valence-electron chi connectivity index (χ3n) is 2.98. The molecule has 5 heteroatoms. The number of rotatable bonds is 3. The summed E-state index contributed by atoms with van der Waals surface area (Å²) in [5.74, 6) is -0.332. The first-order valence-electron chi connectivity index (χ1n) is 5.84. The van der Waals surface area contributed by atoms with Crippen LogP contribution in [0.4, 0.5) is 0 Å². The van der Waals surface area contributed by atoms with Gasteiger partial charge >= 0.3 is 11.6 Å². The Kier molecular flexibility index (Phi) is 3.55. The lowest BCUT2D eigenvalue weighted by Gasteiger charge is -2.07. The number of phenols is 1. The van der Waals surface area contributed by atoms with Crippen LogP contribution < -0.4 is 5.63 Å². The van der Waals surface area contributed by atoms with Gasteiger partial charge in [0.1, 0.15) is 11.3 Å². The third kappa shape index (κ3) is 2.76. The quantitative estimate of drug-likeness (QED) is 0.675. The summed E-state index contributed by atoms with van der Waals surface area (Å²) < 4.78 is 9.58. The number of hydrogen-bond donors (Lipinski definition) is 1. The fourth-order valence-corrected chi connectivity index (χ4v) is 1.94. The summed E-state index contributed by atoms with van der Waals surface area (Å²) in [5, 5.41) is 10.6. The SMILES string of the molecule is COC(=O)CCc1cc2c(C)cc(=O)oc2cc1O. The van der Waals surface area contributed by atoms with Crippen LogP contribution in [0.2, 0.25) is 0 Å². The van der Waals surface area contributed by atoms with E-state index < -0.39 is 5.63 Å². The zero-order chi connectivity index (χ0) is 14.0. The maximum atomic E-state index is 11.2. The number of carbonyl (C=O) groups excluding carboxylic acids is 1. The van der Waals surface area contributed by atoms with Crippen LogP contribution in [0.25, 0.3) is 11.0 Å². The molecule has 0 amide bonds. The Morgan fingerprint density at radius 3 is 2.79 bits per heavy atom. The molecule has 0 bridgehead atoms. The first-order valence-corrected chi connectivity index (χ1v) is 5.84. The van der Waals surface area contributed by atoms with Gasteiger partial charge in [0.2, 0.25) is 0 Å². The van der Waals surface area contributed by atoms with Gasteiger partial charge in [-0.3, -0.25) is 4.79 Å². The first-order chi connectivity index (χ1) is 9.01. The van der Waals surface area contributed by atoms with Crippen molar-refractivity contribution < 1.29 is 19.1 Å².